The van der Waals surface area contributed by atoms with Gasteiger partial charge in [-0.05, 0) is 12.8 Å². The Balaban J connectivity index is 3.96. The maximum absolute atomic E-state index is 11.0. The molecule has 30 heavy (non-hydrogen) atoms. The molecule has 0 radical (unpaired) electrons. The lowest BCUT2D eigenvalue weighted by atomic mass is 10.0. The second-order valence-electron chi connectivity index (χ2n) is 7.92. The fourth-order valence-electron chi connectivity index (χ4n) is 3.54. The number of hydrogen-bond acceptors (Lipinski definition) is 6. The van der Waals surface area contributed by atoms with Crippen LogP contribution in [0, 0.1) is 0 Å². The highest BCUT2D eigenvalue weighted by Gasteiger charge is 2.29. The van der Waals surface area contributed by atoms with Crippen molar-refractivity contribution in [2.45, 2.75) is 129 Å². The van der Waals surface area contributed by atoms with Crippen molar-refractivity contribution in [3.05, 3.63) is 0 Å². The molecule has 0 aliphatic carbocycles. The van der Waals surface area contributed by atoms with Crippen LogP contribution in [0.15, 0.2) is 0 Å². The first-order valence-electron chi connectivity index (χ1n) is 11.4. The van der Waals surface area contributed by atoms with Crippen LogP contribution in [0.3, 0.4) is 0 Å². The maximum atomic E-state index is 11.0. The molecule has 0 saturated carbocycles. The summed E-state index contributed by atoms with van der Waals surface area (Å²) >= 11 is 0. The summed E-state index contributed by atoms with van der Waals surface area (Å²) in [6, 6.07) is 0. The van der Waals surface area contributed by atoms with Gasteiger partial charge in [0, 0.05) is 0 Å². The summed E-state index contributed by atoms with van der Waals surface area (Å²) in [5.74, 6) is 0. The first kappa shape index (κ1) is 29.7. The van der Waals surface area contributed by atoms with Crippen LogP contribution < -0.4 is 0 Å². The van der Waals surface area contributed by atoms with Crippen molar-refractivity contribution in [1.29, 1.82) is 0 Å². The Kier molecular flexibility index (Phi) is 17.2. The minimum Gasteiger partial charge on any atom is -0.264 e. The van der Waals surface area contributed by atoms with Gasteiger partial charge in [-0.3, -0.25) is 9.11 Å². The van der Waals surface area contributed by atoms with Gasteiger partial charge < -0.3 is 0 Å². The Labute approximate surface area is 184 Å². The summed E-state index contributed by atoms with van der Waals surface area (Å²) in [5, 5.41) is 0. The van der Waals surface area contributed by atoms with Gasteiger partial charge in [-0.15, -0.1) is 0 Å². The molecule has 0 fully saturated rings. The molecule has 2 N–H and O–H groups in total. The van der Waals surface area contributed by atoms with Crippen molar-refractivity contribution >= 4 is 20.8 Å². The van der Waals surface area contributed by atoms with E-state index in [1.807, 2.05) is 0 Å². The predicted octanol–water partition coefficient (Wildman–Crippen LogP) is 5.64. The zero-order chi connectivity index (χ0) is 22.9. The molecule has 0 aromatic heterocycles. The summed E-state index contributed by atoms with van der Waals surface area (Å²) in [4.78, 5) is 0. The molecule has 10 heteroatoms. The van der Waals surface area contributed by atoms with Gasteiger partial charge >= 0.3 is 20.8 Å². The minimum absolute atomic E-state index is 0.0958. The molecule has 0 spiro atoms. The SMILES string of the molecule is CCCCCCCCCCCCCCCCC(OS(=O)(=O)O)C(CC)OS(=O)(=O)O. The normalized spacial score (nSPS) is 14.7. The molecule has 0 rings (SSSR count). The first-order valence-corrected chi connectivity index (χ1v) is 14.1. The van der Waals surface area contributed by atoms with Crippen LogP contribution in [-0.4, -0.2) is 38.1 Å². The van der Waals surface area contributed by atoms with E-state index in [4.69, 9.17) is 9.11 Å². The molecular weight excluding hydrogens is 432 g/mol. The second-order valence-corrected chi connectivity index (χ2v) is 10.0. The third kappa shape index (κ3) is 19.7. The van der Waals surface area contributed by atoms with Gasteiger partial charge in [0.05, 0.1) is 0 Å². The van der Waals surface area contributed by atoms with Crippen molar-refractivity contribution in [3.8, 4) is 0 Å². The minimum atomic E-state index is -4.76. The Morgan fingerprint density at radius 1 is 0.567 bits per heavy atom. The lowest BCUT2D eigenvalue weighted by Gasteiger charge is -2.23. The smallest absolute Gasteiger partial charge is 0.264 e. The molecule has 0 aliphatic heterocycles. The molecule has 182 valence electrons. The van der Waals surface area contributed by atoms with E-state index in [1.165, 1.54) is 64.2 Å². The quantitative estimate of drug-likeness (QED) is 0.161. The monoisotopic (exact) mass is 474 g/mol. The largest absolute Gasteiger partial charge is 0.397 e. The molecule has 0 bridgehead atoms. The summed E-state index contributed by atoms with van der Waals surface area (Å²) in [7, 11) is -9.51. The Morgan fingerprint density at radius 2 is 0.900 bits per heavy atom. The van der Waals surface area contributed by atoms with Crippen LogP contribution in [0.2, 0.25) is 0 Å². The predicted molar refractivity (Wildman–Crippen MR) is 118 cm³/mol. The van der Waals surface area contributed by atoms with Crippen molar-refractivity contribution in [2.75, 3.05) is 0 Å². The Hall–Kier alpha value is -0.260. The van der Waals surface area contributed by atoms with Gasteiger partial charge in [-0.2, -0.15) is 16.8 Å². The van der Waals surface area contributed by atoms with Gasteiger partial charge in [0.1, 0.15) is 12.2 Å². The molecule has 0 aromatic carbocycles. The zero-order valence-corrected chi connectivity index (χ0v) is 20.3. The van der Waals surface area contributed by atoms with E-state index in [0.717, 1.165) is 19.3 Å². The maximum Gasteiger partial charge on any atom is 0.397 e. The third-order valence-corrected chi connectivity index (χ3v) is 6.13. The van der Waals surface area contributed by atoms with Crippen LogP contribution >= 0.6 is 0 Å². The van der Waals surface area contributed by atoms with Gasteiger partial charge in [0.25, 0.3) is 0 Å². The number of rotatable bonds is 21. The molecule has 0 aromatic rings. The van der Waals surface area contributed by atoms with Gasteiger partial charge in [0.15, 0.2) is 0 Å². The summed E-state index contributed by atoms with van der Waals surface area (Å²) in [6.45, 7) is 3.80. The average Bonchev–Trinajstić information content (AvgIpc) is 2.63. The van der Waals surface area contributed by atoms with Crippen LogP contribution in [0.1, 0.15) is 117 Å². The van der Waals surface area contributed by atoms with Crippen molar-refractivity contribution in [2.24, 2.45) is 0 Å². The van der Waals surface area contributed by atoms with Crippen LogP contribution in [0.5, 0.6) is 0 Å². The zero-order valence-electron chi connectivity index (χ0n) is 18.6. The molecule has 0 aliphatic rings. The number of hydrogen-bond donors (Lipinski definition) is 2. The molecule has 2 atom stereocenters. The molecule has 0 saturated heterocycles. The van der Waals surface area contributed by atoms with Crippen LogP contribution in [0.25, 0.3) is 0 Å². The highest BCUT2D eigenvalue weighted by Crippen LogP contribution is 2.20. The van der Waals surface area contributed by atoms with Crippen molar-refractivity contribution in [3.63, 3.8) is 0 Å². The fraction of sp³-hybridized carbons (Fsp3) is 1.00. The lowest BCUT2D eigenvalue weighted by molar-refractivity contribution is 0.0374. The van der Waals surface area contributed by atoms with Crippen molar-refractivity contribution in [1.82, 2.24) is 0 Å². The third-order valence-electron chi connectivity index (χ3n) is 5.15. The highest BCUT2D eigenvalue weighted by atomic mass is 32.3. The van der Waals surface area contributed by atoms with E-state index < -0.39 is 33.0 Å². The van der Waals surface area contributed by atoms with E-state index in [0.29, 0.717) is 6.42 Å². The van der Waals surface area contributed by atoms with Crippen LogP contribution in [-0.2, 0) is 29.2 Å². The van der Waals surface area contributed by atoms with Crippen LogP contribution in [0.4, 0.5) is 0 Å². The van der Waals surface area contributed by atoms with Gasteiger partial charge in [-0.1, -0.05) is 104 Å². The molecule has 0 heterocycles. The fourth-order valence-corrected chi connectivity index (χ4v) is 4.65. The first-order chi connectivity index (χ1) is 14.1. The van der Waals surface area contributed by atoms with E-state index in [2.05, 4.69) is 15.3 Å². The van der Waals surface area contributed by atoms with Crippen molar-refractivity contribution < 1.29 is 34.3 Å². The van der Waals surface area contributed by atoms with E-state index in [-0.39, 0.29) is 12.8 Å². The average molecular weight is 475 g/mol. The van der Waals surface area contributed by atoms with E-state index in [9.17, 15) is 16.8 Å². The number of unbranched alkanes of at least 4 members (excludes halogenated alkanes) is 13. The lowest BCUT2D eigenvalue weighted by Crippen LogP contribution is -2.34. The molecule has 2 unspecified atom stereocenters. The Morgan fingerprint density at radius 3 is 1.23 bits per heavy atom. The topological polar surface area (TPSA) is 127 Å². The summed E-state index contributed by atoms with van der Waals surface area (Å²) < 4.78 is 70.8. The molecule has 8 nitrogen and oxygen atoms in total. The van der Waals surface area contributed by atoms with E-state index >= 15 is 0 Å². The standard InChI is InChI=1S/C20H42O8S2/c1-3-5-6-7-8-9-10-11-12-13-14-15-16-17-18-20(28-30(24,25)26)19(4-2)27-29(21,22)23/h19-20H,3-18H2,1-2H3,(H,21,22,23)(H,24,25,26). The summed E-state index contributed by atoms with van der Waals surface area (Å²) in [6.07, 6.45) is 14.4. The summed E-state index contributed by atoms with van der Waals surface area (Å²) in [5.41, 5.74) is 0. The highest BCUT2D eigenvalue weighted by molar-refractivity contribution is 7.81. The van der Waals surface area contributed by atoms with Gasteiger partial charge in [0.2, 0.25) is 0 Å². The second kappa shape index (κ2) is 17.3. The van der Waals surface area contributed by atoms with E-state index in [1.54, 1.807) is 6.92 Å². The molecule has 0 amide bonds. The van der Waals surface area contributed by atoms with Gasteiger partial charge in [-0.25, -0.2) is 8.37 Å². The molecular formula is C20H42O8S2. The Bertz CT molecular complexity index is 604.